The summed E-state index contributed by atoms with van der Waals surface area (Å²) < 4.78 is 0. The summed E-state index contributed by atoms with van der Waals surface area (Å²) in [5.74, 6) is 3.22. The molecule has 1 atom stereocenters. The zero-order valence-electron chi connectivity index (χ0n) is 18.0. The van der Waals surface area contributed by atoms with E-state index < -0.39 is 0 Å². The van der Waals surface area contributed by atoms with Crippen molar-refractivity contribution in [2.75, 3.05) is 41.3 Å². The van der Waals surface area contributed by atoms with Crippen molar-refractivity contribution in [1.82, 2.24) is 15.3 Å². The van der Waals surface area contributed by atoms with Crippen LogP contribution in [0.15, 0.2) is 30.3 Å². The van der Waals surface area contributed by atoms with Gasteiger partial charge in [-0.2, -0.15) is 9.97 Å². The number of piperidine rings is 1. The van der Waals surface area contributed by atoms with Gasteiger partial charge < -0.3 is 20.4 Å². The van der Waals surface area contributed by atoms with Crippen LogP contribution in [0.1, 0.15) is 44.2 Å². The Morgan fingerprint density at radius 3 is 2.67 bits per heavy atom. The number of nitrogens with zero attached hydrogens (tertiary/aromatic N) is 4. The quantitative estimate of drug-likeness (QED) is 0.704. The number of anilines is 3. The highest BCUT2D eigenvalue weighted by Gasteiger charge is 2.22. The molecule has 160 valence electrons. The standard InChI is InChI=1S/C23H32N6S/c1-3-11-24-23(30)27-22-25-20(28-12-6-7-17(2)15-28)14-21(26-22)29-13-10-18-8-4-5-9-19(18)16-29/h4-5,8-9,14,17H,3,6-7,10-13,15-16H2,1-2H3,(H2,24,25,26,27,30)/t17-/m0/s1. The number of benzene rings is 1. The van der Waals surface area contributed by atoms with Gasteiger partial charge in [0.1, 0.15) is 11.6 Å². The molecule has 0 unspecified atom stereocenters. The Morgan fingerprint density at radius 2 is 1.90 bits per heavy atom. The van der Waals surface area contributed by atoms with Crippen molar-refractivity contribution in [2.24, 2.45) is 5.92 Å². The van der Waals surface area contributed by atoms with Gasteiger partial charge in [0.05, 0.1) is 0 Å². The van der Waals surface area contributed by atoms with Crippen LogP contribution in [0.5, 0.6) is 0 Å². The van der Waals surface area contributed by atoms with Crippen LogP contribution in [-0.4, -0.2) is 41.3 Å². The SMILES string of the molecule is CCCNC(=S)Nc1nc(N2CCc3ccccc3C2)cc(N2CCC[C@H](C)C2)n1. The van der Waals surface area contributed by atoms with Gasteiger partial charge in [-0.3, -0.25) is 0 Å². The fourth-order valence-electron chi connectivity index (χ4n) is 4.27. The molecule has 4 rings (SSSR count). The first-order valence-corrected chi connectivity index (χ1v) is 11.5. The summed E-state index contributed by atoms with van der Waals surface area (Å²) in [6.45, 7) is 9.20. The van der Waals surface area contributed by atoms with E-state index in [1.807, 2.05) is 0 Å². The van der Waals surface area contributed by atoms with Crippen molar-refractivity contribution in [3.8, 4) is 0 Å². The molecule has 0 aliphatic carbocycles. The molecular formula is C23H32N6S. The minimum absolute atomic E-state index is 0.577. The summed E-state index contributed by atoms with van der Waals surface area (Å²) in [5, 5.41) is 7.00. The fraction of sp³-hybridized carbons (Fsp3) is 0.522. The first-order chi connectivity index (χ1) is 14.6. The Kier molecular flexibility index (Phi) is 6.67. The Labute approximate surface area is 185 Å². The summed E-state index contributed by atoms with van der Waals surface area (Å²) in [7, 11) is 0. The zero-order valence-corrected chi connectivity index (χ0v) is 18.8. The molecule has 30 heavy (non-hydrogen) atoms. The largest absolute Gasteiger partial charge is 0.362 e. The van der Waals surface area contributed by atoms with Gasteiger partial charge in [0, 0.05) is 38.8 Å². The lowest BCUT2D eigenvalue weighted by molar-refractivity contribution is 0.444. The zero-order chi connectivity index (χ0) is 20.9. The van der Waals surface area contributed by atoms with E-state index in [4.69, 9.17) is 22.2 Å². The monoisotopic (exact) mass is 424 g/mol. The molecule has 1 aromatic carbocycles. The first-order valence-electron chi connectivity index (χ1n) is 11.1. The van der Waals surface area contributed by atoms with E-state index in [-0.39, 0.29) is 0 Å². The minimum atomic E-state index is 0.577. The third-order valence-electron chi connectivity index (χ3n) is 5.90. The fourth-order valence-corrected chi connectivity index (χ4v) is 4.47. The van der Waals surface area contributed by atoms with E-state index in [1.54, 1.807) is 0 Å². The number of nitrogens with one attached hydrogen (secondary N) is 2. The molecule has 0 radical (unpaired) electrons. The van der Waals surface area contributed by atoms with Gasteiger partial charge in [-0.25, -0.2) is 0 Å². The smallest absolute Gasteiger partial charge is 0.232 e. The molecule has 0 spiro atoms. The van der Waals surface area contributed by atoms with Crippen molar-refractivity contribution in [2.45, 2.75) is 46.1 Å². The van der Waals surface area contributed by atoms with E-state index in [2.05, 4.69) is 64.6 Å². The molecule has 3 heterocycles. The number of hydrogen-bond donors (Lipinski definition) is 2. The first kappa shape index (κ1) is 20.8. The lowest BCUT2D eigenvalue weighted by Crippen LogP contribution is -2.36. The van der Waals surface area contributed by atoms with E-state index in [0.717, 1.165) is 57.2 Å². The number of rotatable bonds is 5. The van der Waals surface area contributed by atoms with E-state index >= 15 is 0 Å². The number of hydrogen-bond acceptors (Lipinski definition) is 5. The van der Waals surface area contributed by atoms with Gasteiger partial charge in [0.2, 0.25) is 5.95 Å². The molecule has 2 aliphatic rings. The third kappa shape index (κ3) is 5.01. The summed E-state index contributed by atoms with van der Waals surface area (Å²) in [6, 6.07) is 10.9. The molecular weight excluding hydrogens is 392 g/mol. The van der Waals surface area contributed by atoms with Crippen LogP contribution >= 0.6 is 12.2 Å². The van der Waals surface area contributed by atoms with Crippen LogP contribution in [0.2, 0.25) is 0 Å². The molecule has 7 heteroatoms. The van der Waals surface area contributed by atoms with Crippen LogP contribution in [0.4, 0.5) is 17.6 Å². The van der Waals surface area contributed by atoms with E-state index in [0.29, 0.717) is 17.0 Å². The van der Waals surface area contributed by atoms with Gasteiger partial charge in [-0.15, -0.1) is 0 Å². The van der Waals surface area contributed by atoms with Crippen molar-refractivity contribution in [1.29, 1.82) is 0 Å². The average Bonchev–Trinajstić information content (AvgIpc) is 2.77. The lowest BCUT2D eigenvalue weighted by Gasteiger charge is -2.34. The van der Waals surface area contributed by atoms with Crippen LogP contribution in [0.25, 0.3) is 0 Å². The molecule has 2 aliphatic heterocycles. The summed E-state index contributed by atoms with van der Waals surface area (Å²) in [6.07, 6.45) is 4.55. The highest BCUT2D eigenvalue weighted by molar-refractivity contribution is 7.80. The normalized spacial score (nSPS) is 18.7. The Bertz CT molecular complexity index is 886. The Hall–Kier alpha value is -2.41. The molecule has 0 bridgehead atoms. The maximum absolute atomic E-state index is 5.44. The molecule has 1 aromatic heterocycles. The second-order valence-electron chi connectivity index (χ2n) is 8.42. The number of thiocarbonyl (C=S) groups is 1. The van der Waals surface area contributed by atoms with Crippen molar-refractivity contribution in [3.05, 3.63) is 41.5 Å². The molecule has 6 nitrogen and oxygen atoms in total. The second kappa shape index (κ2) is 9.60. The third-order valence-corrected chi connectivity index (χ3v) is 6.14. The van der Waals surface area contributed by atoms with Gasteiger partial charge in [-0.1, -0.05) is 38.1 Å². The van der Waals surface area contributed by atoms with Crippen molar-refractivity contribution >= 4 is 34.9 Å². The highest BCUT2D eigenvalue weighted by Crippen LogP contribution is 2.29. The van der Waals surface area contributed by atoms with Crippen LogP contribution in [0.3, 0.4) is 0 Å². The van der Waals surface area contributed by atoms with Gasteiger partial charge in [0.15, 0.2) is 5.11 Å². The van der Waals surface area contributed by atoms with Gasteiger partial charge in [0.25, 0.3) is 0 Å². The molecule has 0 saturated carbocycles. The minimum Gasteiger partial charge on any atom is -0.362 e. The van der Waals surface area contributed by atoms with Crippen molar-refractivity contribution < 1.29 is 0 Å². The maximum Gasteiger partial charge on any atom is 0.232 e. The second-order valence-corrected chi connectivity index (χ2v) is 8.83. The summed E-state index contributed by atoms with van der Waals surface area (Å²) in [4.78, 5) is 14.4. The van der Waals surface area contributed by atoms with Crippen LogP contribution in [0, 0.1) is 5.92 Å². The highest BCUT2D eigenvalue weighted by atomic mass is 32.1. The number of fused-ring (bicyclic) bond motifs is 1. The van der Waals surface area contributed by atoms with Crippen LogP contribution < -0.4 is 20.4 Å². The Balaban J connectivity index is 1.61. The predicted molar refractivity (Wildman–Crippen MR) is 128 cm³/mol. The number of aromatic nitrogens is 2. The topological polar surface area (TPSA) is 56.3 Å². The Morgan fingerprint density at radius 1 is 1.13 bits per heavy atom. The van der Waals surface area contributed by atoms with Crippen molar-refractivity contribution in [3.63, 3.8) is 0 Å². The lowest BCUT2D eigenvalue weighted by atomic mass is 10.00. The molecule has 2 aromatic rings. The van der Waals surface area contributed by atoms with Gasteiger partial charge in [-0.05, 0) is 54.9 Å². The van der Waals surface area contributed by atoms with Crippen LogP contribution in [-0.2, 0) is 13.0 Å². The molecule has 1 saturated heterocycles. The molecule has 0 amide bonds. The summed E-state index contributed by atoms with van der Waals surface area (Å²) in [5.41, 5.74) is 2.82. The average molecular weight is 425 g/mol. The van der Waals surface area contributed by atoms with Gasteiger partial charge >= 0.3 is 0 Å². The van der Waals surface area contributed by atoms with E-state index in [1.165, 1.54) is 24.0 Å². The molecule has 2 N–H and O–H groups in total. The predicted octanol–water partition coefficient (Wildman–Crippen LogP) is 3.97. The van der Waals surface area contributed by atoms with E-state index in [9.17, 15) is 0 Å². The molecule has 1 fully saturated rings. The maximum atomic E-state index is 5.44. The summed E-state index contributed by atoms with van der Waals surface area (Å²) >= 11 is 5.44.